The summed E-state index contributed by atoms with van der Waals surface area (Å²) in [6.07, 6.45) is 1.03. The van der Waals surface area contributed by atoms with Gasteiger partial charge in [0, 0.05) is 29.9 Å². The molecule has 0 spiro atoms. The fourth-order valence-corrected chi connectivity index (χ4v) is 2.65. The number of sulfonamides is 1. The molecule has 0 saturated heterocycles. The third-order valence-corrected chi connectivity index (χ3v) is 3.84. The highest BCUT2D eigenvalue weighted by Gasteiger charge is 2.08. The molecule has 7 nitrogen and oxygen atoms in total. The highest BCUT2D eigenvalue weighted by Crippen LogP contribution is 2.10. The molecule has 0 aromatic heterocycles. The third-order valence-electron chi connectivity index (χ3n) is 3.23. The second-order valence-corrected chi connectivity index (χ2v) is 7.22. The molecule has 2 amide bonds. The van der Waals surface area contributed by atoms with Crippen molar-refractivity contribution < 1.29 is 22.4 Å². The summed E-state index contributed by atoms with van der Waals surface area (Å²) in [6, 6.07) is 11.2. The standard InChI is InChI=1S/C17H18FN3O4S/c1-26(24,25)21-15-7-5-12(6-8-15)16(22)19-9-10-20-17(23)13-3-2-4-14(18)11-13/h2-8,11,21H,9-10H2,1H3,(H,19,22)(H,20,23). The summed E-state index contributed by atoms with van der Waals surface area (Å²) in [4.78, 5) is 23.8. The van der Waals surface area contributed by atoms with Crippen LogP contribution in [0.15, 0.2) is 48.5 Å². The van der Waals surface area contributed by atoms with E-state index in [9.17, 15) is 22.4 Å². The number of anilines is 1. The minimum absolute atomic E-state index is 0.175. The number of halogens is 1. The Bertz CT molecular complexity index is 898. The number of hydrogen-bond donors (Lipinski definition) is 3. The molecule has 138 valence electrons. The van der Waals surface area contributed by atoms with Crippen molar-refractivity contribution in [2.45, 2.75) is 0 Å². The summed E-state index contributed by atoms with van der Waals surface area (Å²) in [5.74, 6) is -1.30. The zero-order valence-electron chi connectivity index (χ0n) is 14.0. The molecule has 0 unspecified atom stereocenters. The number of carbonyl (C=O) groups is 2. The van der Waals surface area contributed by atoms with Gasteiger partial charge in [-0.2, -0.15) is 0 Å². The second-order valence-electron chi connectivity index (χ2n) is 5.47. The predicted molar refractivity (Wildman–Crippen MR) is 96.0 cm³/mol. The Morgan fingerprint density at radius 2 is 1.50 bits per heavy atom. The molecule has 2 aromatic carbocycles. The van der Waals surface area contributed by atoms with Crippen LogP contribution in [-0.4, -0.2) is 39.6 Å². The SMILES string of the molecule is CS(=O)(=O)Nc1ccc(C(=O)NCCNC(=O)c2cccc(F)c2)cc1. The smallest absolute Gasteiger partial charge is 0.251 e. The van der Waals surface area contributed by atoms with Gasteiger partial charge < -0.3 is 10.6 Å². The number of benzene rings is 2. The molecule has 0 saturated carbocycles. The van der Waals surface area contributed by atoms with E-state index in [0.717, 1.165) is 12.3 Å². The Balaban J connectivity index is 1.79. The molecular formula is C17H18FN3O4S. The van der Waals surface area contributed by atoms with Crippen LogP contribution in [0.1, 0.15) is 20.7 Å². The van der Waals surface area contributed by atoms with Crippen LogP contribution in [0.3, 0.4) is 0 Å². The molecular weight excluding hydrogens is 361 g/mol. The third kappa shape index (κ3) is 6.17. The zero-order valence-corrected chi connectivity index (χ0v) is 14.8. The predicted octanol–water partition coefficient (Wildman–Crippen LogP) is 1.36. The number of hydrogen-bond acceptors (Lipinski definition) is 4. The highest BCUT2D eigenvalue weighted by molar-refractivity contribution is 7.92. The van der Waals surface area contributed by atoms with Gasteiger partial charge in [0.2, 0.25) is 10.0 Å². The van der Waals surface area contributed by atoms with Crippen LogP contribution in [0.5, 0.6) is 0 Å². The van der Waals surface area contributed by atoms with E-state index >= 15 is 0 Å². The van der Waals surface area contributed by atoms with Gasteiger partial charge in [0.1, 0.15) is 5.82 Å². The number of carbonyl (C=O) groups excluding carboxylic acids is 2. The number of nitrogens with one attached hydrogen (secondary N) is 3. The molecule has 0 bridgehead atoms. The van der Waals surface area contributed by atoms with E-state index in [2.05, 4.69) is 15.4 Å². The average Bonchev–Trinajstić information content (AvgIpc) is 2.57. The average molecular weight is 379 g/mol. The molecule has 0 heterocycles. The van der Waals surface area contributed by atoms with Crippen LogP contribution in [-0.2, 0) is 10.0 Å². The Labute approximate surface area is 150 Å². The van der Waals surface area contributed by atoms with Crippen LogP contribution in [0.4, 0.5) is 10.1 Å². The number of rotatable bonds is 7. The Morgan fingerprint density at radius 1 is 0.923 bits per heavy atom. The van der Waals surface area contributed by atoms with E-state index in [0.29, 0.717) is 11.3 Å². The van der Waals surface area contributed by atoms with Crippen molar-refractivity contribution in [2.24, 2.45) is 0 Å². The fourth-order valence-electron chi connectivity index (χ4n) is 2.09. The van der Waals surface area contributed by atoms with E-state index in [1.54, 1.807) is 0 Å². The second kappa shape index (κ2) is 8.43. The first-order valence-corrected chi connectivity index (χ1v) is 9.53. The quantitative estimate of drug-likeness (QED) is 0.632. The Hall–Kier alpha value is -2.94. The molecule has 0 atom stereocenters. The largest absolute Gasteiger partial charge is 0.350 e. The summed E-state index contributed by atoms with van der Waals surface area (Å²) in [6.45, 7) is 0.359. The van der Waals surface area contributed by atoms with Crippen LogP contribution in [0.2, 0.25) is 0 Å². The van der Waals surface area contributed by atoms with Gasteiger partial charge in [0.25, 0.3) is 11.8 Å². The Kier molecular flexibility index (Phi) is 6.29. The van der Waals surface area contributed by atoms with Crippen molar-refractivity contribution in [3.05, 3.63) is 65.5 Å². The molecule has 3 N–H and O–H groups in total. The minimum atomic E-state index is -3.38. The highest BCUT2D eigenvalue weighted by atomic mass is 32.2. The van der Waals surface area contributed by atoms with Crippen molar-refractivity contribution in [3.8, 4) is 0 Å². The number of amides is 2. The summed E-state index contributed by atoms with van der Waals surface area (Å²) in [5, 5.41) is 5.19. The summed E-state index contributed by atoms with van der Waals surface area (Å²) in [5.41, 5.74) is 0.900. The molecule has 0 radical (unpaired) electrons. The first-order valence-electron chi connectivity index (χ1n) is 7.64. The molecule has 0 aliphatic carbocycles. The first-order chi connectivity index (χ1) is 12.2. The lowest BCUT2D eigenvalue weighted by Gasteiger charge is -2.08. The molecule has 0 aliphatic heterocycles. The van der Waals surface area contributed by atoms with Gasteiger partial charge in [0.15, 0.2) is 0 Å². The normalized spacial score (nSPS) is 10.8. The van der Waals surface area contributed by atoms with E-state index in [4.69, 9.17) is 0 Å². The fraction of sp³-hybridized carbons (Fsp3) is 0.176. The minimum Gasteiger partial charge on any atom is -0.350 e. The monoisotopic (exact) mass is 379 g/mol. The van der Waals surface area contributed by atoms with Gasteiger partial charge >= 0.3 is 0 Å². The van der Waals surface area contributed by atoms with Gasteiger partial charge in [-0.05, 0) is 42.5 Å². The molecule has 9 heteroatoms. The van der Waals surface area contributed by atoms with Gasteiger partial charge in [-0.1, -0.05) is 6.07 Å². The summed E-state index contributed by atoms with van der Waals surface area (Å²) < 4.78 is 37.6. The maximum atomic E-state index is 13.1. The van der Waals surface area contributed by atoms with Crippen LogP contribution in [0, 0.1) is 5.82 Å². The van der Waals surface area contributed by atoms with Crippen molar-refractivity contribution in [2.75, 3.05) is 24.1 Å². The van der Waals surface area contributed by atoms with Gasteiger partial charge in [-0.15, -0.1) is 0 Å². The van der Waals surface area contributed by atoms with E-state index in [1.165, 1.54) is 42.5 Å². The van der Waals surface area contributed by atoms with Crippen LogP contribution >= 0.6 is 0 Å². The van der Waals surface area contributed by atoms with E-state index in [-0.39, 0.29) is 24.6 Å². The summed E-state index contributed by atoms with van der Waals surface area (Å²) in [7, 11) is -3.38. The van der Waals surface area contributed by atoms with Crippen molar-refractivity contribution >= 4 is 27.5 Å². The Morgan fingerprint density at radius 3 is 2.04 bits per heavy atom. The maximum Gasteiger partial charge on any atom is 0.251 e. The summed E-state index contributed by atoms with van der Waals surface area (Å²) >= 11 is 0. The first kappa shape index (κ1) is 19.4. The van der Waals surface area contributed by atoms with Crippen molar-refractivity contribution in [1.29, 1.82) is 0 Å². The maximum absolute atomic E-state index is 13.1. The van der Waals surface area contributed by atoms with Gasteiger partial charge in [-0.3, -0.25) is 14.3 Å². The molecule has 0 fully saturated rings. The lowest BCUT2D eigenvalue weighted by Crippen LogP contribution is -2.34. The zero-order chi connectivity index (χ0) is 19.2. The van der Waals surface area contributed by atoms with Crippen molar-refractivity contribution in [3.63, 3.8) is 0 Å². The van der Waals surface area contributed by atoms with Crippen LogP contribution < -0.4 is 15.4 Å². The topological polar surface area (TPSA) is 104 Å². The van der Waals surface area contributed by atoms with E-state index in [1.807, 2.05) is 0 Å². The van der Waals surface area contributed by atoms with Gasteiger partial charge in [0.05, 0.1) is 6.26 Å². The molecule has 26 heavy (non-hydrogen) atoms. The lowest BCUT2D eigenvalue weighted by molar-refractivity contribution is 0.0927. The van der Waals surface area contributed by atoms with E-state index < -0.39 is 21.7 Å². The molecule has 0 aliphatic rings. The van der Waals surface area contributed by atoms with Crippen LogP contribution in [0.25, 0.3) is 0 Å². The molecule has 2 aromatic rings. The van der Waals surface area contributed by atoms with Crippen molar-refractivity contribution in [1.82, 2.24) is 10.6 Å². The van der Waals surface area contributed by atoms with Gasteiger partial charge in [-0.25, -0.2) is 12.8 Å². The molecule has 2 rings (SSSR count). The lowest BCUT2D eigenvalue weighted by atomic mass is 10.2.